The number of guanidine groups is 1. The first-order chi connectivity index (χ1) is 25.6. The predicted octanol–water partition coefficient (Wildman–Crippen LogP) is 1.63. The summed E-state index contributed by atoms with van der Waals surface area (Å²) in [6.07, 6.45) is 13.5. The van der Waals surface area contributed by atoms with Crippen molar-refractivity contribution in [3.63, 3.8) is 0 Å². The van der Waals surface area contributed by atoms with Crippen LogP contribution in [0.2, 0.25) is 0 Å². The van der Waals surface area contributed by atoms with Crippen molar-refractivity contribution in [3.8, 4) is 0 Å². The van der Waals surface area contributed by atoms with Gasteiger partial charge in [0.1, 0.15) is 6.04 Å². The molecular formula is C40H50FeN8O6+2. The normalized spacial score (nSPS) is 11.9. The van der Waals surface area contributed by atoms with Gasteiger partial charge in [-0.1, -0.05) is 25.3 Å². The summed E-state index contributed by atoms with van der Waals surface area (Å²) in [6.45, 7) is 16.6. The van der Waals surface area contributed by atoms with E-state index in [4.69, 9.17) is 22.3 Å². The van der Waals surface area contributed by atoms with Gasteiger partial charge in [-0.3, -0.25) is 19.4 Å². The smallest absolute Gasteiger partial charge is 0.481 e. The van der Waals surface area contributed by atoms with Gasteiger partial charge in [-0.15, -0.1) is 0 Å². The minimum atomic E-state index is -1.00. The molecule has 4 aromatic heterocycles. The van der Waals surface area contributed by atoms with Gasteiger partial charge in [-0.25, -0.2) is 0 Å². The Hall–Kier alpha value is -5.76. The zero-order valence-electron chi connectivity index (χ0n) is 31.5. The number of H-pyrrole nitrogens is 4. The Bertz CT molecular complexity index is 2390. The van der Waals surface area contributed by atoms with E-state index in [0.29, 0.717) is 32.2 Å². The molecule has 0 saturated heterocycles. The van der Waals surface area contributed by atoms with E-state index in [2.05, 4.69) is 64.1 Å². The van der Waals surface area contributed by atoms with Gasteiger partial charge in [-0.2, -0.15) is 0 Å². The van der Waals surface area contributed by atoms with Crippen LogP contribution in [0.1, 0.15) is 93.0 Å². The molecule has 55 heavy (non-hydrogen) atoms. The molecule has 0 radical (unpaired) electrons. The minimum Gasteiger partial charge on any atom is -0.481 e. The molecule has 1 atom stereocenters. The van der Waals surface area contributed by atoms with E-state index >= 15 is 0 Å². The van der Waals surface area contributed by atoms with E-state index < -0.39 is 23.9 Å². The van der Waals surface area contributed by atoms with Gasteiger partial charge in [0.05, 0.1) is 0 Å². The summed E-state index contributed by atoms with van der Waals surface area (Å²) >= 11 is 0. The molecule has 1 aliphatic rings. The van der Waals surface area contributed by atoms with Crippen molar-refractivity contribution in [2.45, 2.75) is 72.3 Å². The maximum absolute atomic E-state index is 11.5. The van der Waals surface area contributed by atoms with Crippen molar-refractivity contribution in [3.05, 3.63) is 102 Å². The zero-order valence-corrected chi connectivity index (χ0v) is 32.6. The number of hydrogen-bond acceptors (Lipinski definition) is 5. The number of carbonyl (C=O) groups is 3. The summed E-state index contributed by atoms with van der Waals surface area (Å²) in [6, 6.07) is -0.820. The first-order valence-electron chi connectivity index (χ1n) is 17.5. The molecule has 5 heterocycles. The molecule has 0 amide bonds. The number of fused-ring (bicyclic) bond motifs is 8. The van der Waals surface area contributed by atoms with Crippen LogP contribution in [0.5, 0.6) is 0 Å². The molecule has 8 bridgehead atoms. The van der Waals surface area contributed by atoms with Gasteiger partial charge in [0.2, 0.25) is 0 Å². The Morgan fingerprint density at radius 2 is 1.20 bits per heavy atom. The molecule has 4 aromatic rings. The van der Waals surface area contributed by atoms with Crippen LogP contribution >= 0.6 is 0 Å². The molecule has 14 nitrogen and oxygen atoms in total. The Morgan fingerprint density at radius 1 is 0.691 bits per heavy atom. The largest absolute Gasteiger partial charge is 2.00 e. The number of aliphatic carboxylic acids is 3. The molecule has 0 unspecified atom stereocenters. The first-order valence-corrected chi connectivity index (χ1v) is 17.5. The van der Waals surface area contributed by atoms with Crippen LogP contribution in [-0.4, -0.2) is 71.7 Å². The maximum atomic E-state index is 11.5. The van der Waals surface area contributed by atoms with Crippen LogP contribution in [0.15, 0.2) is 18.2 Å². The van der Waals surface area contributed by atoms with Crippen molar-refractivity contribution in [1.82, 2.24) is 19.9 Å². The fourth-order valence-corrected chi connectivity index (χ4v) is 6.57. The van der Waals surface area contributed by atoms with Crippen LogP contribution in [0.25, 0.3) is 36.5 Å². The molecule has 0 saturated carbocycles. The van der Waals surface area contributed by atoms with Crippen molar-refractivity contribution >= 4 is 60.3 Å². The maximum Gasteiger partial charge on any atom is 2.00 e. The van der Waals surface area contributed by atoms with Crippen molar-refractivity contribution in [2.75, 3.05) is 6.54 Å². The third-order valence-electron chi connectivity index (χ3n) is 9.66. The van der Waals surface area contributed by atoms with Crippen LogP contribution in [-0.2, 0) is 44.3 Å². The Kier molecular flexibility index (Phi) is 15.1. The average Bonchev–Trinajstić information content (AvgIpc) is 3.77. The number of hydrogen-bond donors (Lipinski definition) is 10. The second-order valence-corrected chi connectivity index (χ2v) is 13.3. The van der Waals surface area contributed by atoms with E-state index in [1.54, 1.807) is 0 Å². The van der Waals surface area contributed by atoms with Gasteiger partial charge in [0, 0.05) is 74.7 Å². The molecule has 0 aliphatic carbocycles. The van der Waals surface area contributed by atoms with E-state index in [1.807, 2.05) is 38.2 Å². The number of nitrogens with zero attached hydrogens (tertiary/aromatic N) is 1. The van der Waals surface area contributed by atoms with Crippen molar-refractivity contribution in [1.29, 1.82) is 0 Å². The minimum absolute atomic E-state index is 0. The third-order valence-corrected chi connectivity index (χ3v) is 9.66. The zero-order chi connectivity index (χ0) is 39.9. The van der Waals surface area contributed by atoms with Gasteiger partial charge < -0.3 is 52.5 Å². The van der Waals surface area contributed by atoms with Crippen LogP contribution in [0.3, 0.4) is 0 Å². The van der Waals surface area contributed by atoms with Crippen LogP contribution in [0, 0.1) is 27.7 Å². The number of nitrogens with two attached hydrogens (primary N) is 3. The molecule has 292 valence electrons. The van der Waals surface area contributed by atoms with Gasteiger partial charge in [0.15, 0.2) is 5.96 Å². The third kappa shape index (κ3) is 10.5. The van der Waals surface area contributed by atoms with E-state index in [-0.39, 0.29) is 35.9 Å². The van der Waals surface area contributed by atoms with Gasteiger partial charge >= 0.3 is 35.0 Å². The summed E-state index contributed by atoms with van der Waals surface area (Å²) in [5.41, 5.74) is 26.6. The SMILES string of the molecule is C=Cc1c2[nH]c(c1C)C=c1[nH]c(c(CCC(=O)O)c1C)=Cc1[nH]c(c(C)c1CCC(=O)O)C=c1[nH]c(c(C)c1C=C)=C2.NC(N)=NCCC[C@H](N)C(=O)O.[Fe+2]. The van der Waals surface area contributed by atoms with Crippen molar-refractivity contribution in [2.24, 2.45) is 22.2 Å². The van der Waals surface area contributed by atoms with E-state index in [1.165, 1.54) is 0 Å². The Balaban J connectivity index is 0.000000541. The predicted molar refractivity (Wildman–Crippen MR) is 213 cm³/mol. The Morgan fingerprint density at radius 3 is 1.78 bits per heavy atom. The average molecular weight is 795 g/mol. The molecule has 13 N–H and O–H groups in total. The van der Waals surface area contributed by atoms with Gasteiger partial charge in [-0.05, 0) is 111 Å². The number of aliphatic imine (C=N–C) groups is 1. The van der Waals surface area contributed by atoms with Gasteiger partial charge in [0.25, 0.3) is 0 Å². The Labute approximate surface area is 328 Å². The summed E-state index contributed by atoms with van der Waals surface area (Å²) in [4.78, 5) is 51.2. The number of rotatable bonds is 13. The summed E-state index contributed by atoms with van der Waals surface area (Å²) in [7, 11) is 0. The summed E-state index contributed by atoms with van der Waals surface area (Å²) in [5.74, 6) is -2.72. The van der Waals surface area contributed by atoms with Crippen molar-refractivity contribution < 1.29 is 46.8 Å². The second-order valence-electron chi connectivity index (χ2n) is 13.3. The fourth-order valence-electron chi connectivity index (χ4n) is 6.57. The second kappa shape index (κ2) is 19.0. The summed E-state index contributed by atoms with van der Waals surface area (Å²) in [5, 5.41) is 30.8. The van der Waals surface area contributed by atoms with Crippen LogP contribution in [0.4, 0.5) is 0 Å². The first kappa shape index (κ1) is 43.6. The molecular weight excluding hydrogens is 744 g/mol. The molecule has 0 fully saturated rings. The molecule has 0 aromatic carbocycles. The standard InChI is InChI=1S/C34H36N4O4.C6H14N4O2.Fe/c1-7-21-17(3)25-13-26-19(5)23(9-11-33(39)40)31(37-26)16-32-24(10-12-34(41)42)20(6)28(38-32)15-30-22(8-2)18(4)27(36-30)14-29(21)35-25;7-4(5(11)12)2-1-3-10-6(8)9;/h7-8,13-16,35-38H,1-2,9-12H2,3-6H3,(H,39,40)(H,41,42);4H,1-3,7H2,(H,11,12)(H4,8,9,10);/q;;+2/t;4-;/m.0./s1. The fraction of sp³-hybridized carbons (Fsp3) is 0.300. The number of aromatic nitrogens is 4. The topological polar surface area (TPSA) is 265 Å². The number of aromatic amines is 4. The molecule has 15 heteroatoms. The quantitative estimate of drug-likeness (QED) is 0.0359. The molecule has 0 spiro atoms. The van der Waals surface area contributed by atoms with E-state index in [9.17, 15) is 24.6 Å². The monoisotopic (exact) mass is 794 g/mol. The molecule has 1 aliphatic heterocycles. The van der Waals surface area contributed by atoms with Crippen LogP contribution < -0.4 is 38.6 Å². The number of carboxylic acids is 3. The van der Waals surface area contributed by atoms with E-state index in [0.717, 1.165) is 88.7 Å². The molecule has 5 rings (SSSR count). The number of carboxylic acid groups (broad SMARTS) is 3. The number of nitrogens with one attached hydrogen (secondary N) is 4. The summed E-state index contributed by atoms with van der Waals surface area (Å²) < 4.78 is 0.